The summed E-state index contributed by atoms with van der Waals surface area (Å²) in [5.74, 6) is 0. The molecule has 2 saturated carbocycles. The second-order valence-corrected chi connectivity index (χ2v) is 15.8. The molecule has 36 heavy (non-hydrogen) atoms. The zero-order chi connectivity index (χ0) is 25.1. The van der Waals surface area contributed by atoms with Gasteiger partial charge >= 0.3 is 0 Å². The largest absolute Gasteiger partial charge is 0.0922 e. The lowest BCUT2D eigenvalue weighted by Gasteiger charge is -2.59. The average molecular weight is 864 g/mol. The molecule has 0 atom stereocenters. The lowest BCUT2D eigenvalue weighted by Crippen LogP contribution is -2.55. The fourth-order valence-corrected chi connectivity index (χ4v) is 12.4. The van der Waals surface area contributed by atoms with Gasteiger partial charge in [-0.3, -0.25) is 0 Å². The Bertz CT molecular complexity index is 1310. The molecular weight excluding hydrogens is 840 g/mol. The molecule has 0 saturated heterocycles. The molecule has 0 heterocycles. The van der Waals surface area contributed by atoms with Crippen LogP contribution in [0.2, 0.25) is 0 Å². The Morgan fingerprint density at radius 2 is 0.833 bits per heavy atom. The van der Waals surface area contributed by atoms with E-state index >= 15 is 0 Å². The van der Waals surface area contributed by atoms with Crippen molar-refractivity contribution < 1.29 is 0 Å². The first-order valence-electron chi connectivity index (χ1n) is 12.3. The molecule has 0 bridgehead atoms. The van der Waals surface area contributed by atoms with Crippen LogP contribution in [0.25, 0.3) is 22.3 Å². The highest BCUT2D eigenvalue weighted by Gasteiger charge is 2.65. The highest BCUT2D eigenvalue weighted by atomic mass is 79.9. The van der Waals surface area contributed by atoms with Crippen LogP contribution in [-0.4, -0.2) is 21.3 Å². The van der Waals surface area contributed by atoms with Crippen LogP contribution in [0.1, 0.15) is 47.9 Å². The van der Waals surface area contributed by atoms with Crippen LogP contribution in [0.5, 0.6) is 0 Å². The quantitative estimate of drug-likeness (QED) is 0.229. The maximum absolute atomic E-state index is 3.89. The highest BCUT2D eigenvalue weighted by molar-refractivity contribution is 9.11. The van der Waals surface area contributed by atoms with Crippen molar-refractivity contribution in [3.63, 3.8) is 0 Å². The second kappa shape index (κ2) is 8.52. The molecule has 0 nitrogen and oxygen atoms in total. The summed E-state index contributed by atoms with van der Waals surface area (Å²) in [6.45, 7) is 0. The highest BCUT2D eigenvalue weighted by Crippen LogP contribution is 2.73. The number of alkyl halides is 4. The standard InChI is InChI=1S/C30H24Br6/c31-13-27(14-32)9-29(10-27)23-7-17(35)1-3-19(23)21-5-6-22-20-4-2-18(36)8-24(20)30(26(22)25(21)29)11-28(12-30,15-33)16-34/h1-8H,9-16H2. The van der Waals surface area contributed by atoms with Gasteiger partial charge in [0.05, 0.1) is 0 Å². The van der Waals surface area contributed by atoms with Crippen molar-refractivity contribution in [3.8, 4) is 22.3 Å². The molecule has 2 spiro atoms. The van der Waals surface area contributed by atoms with Gasteiger partial charge < -0.3 is 0 Å². The van der Waals surface area contributed by atoms with Crippen LogP contribution in [0, 0.1) is 10.8 Å². The first kappa shape index (κ1) is 25.5. The van der Waals surface area contributed by atoms with E-state index in [9.17, 15) is 0 Å². The van der Waals surface area contributed by atoms with Gasteiger partial charge in [0.1, 0.15) is 0 Å². The molecule has 0 amide bonds. The molecular formula is C30H24Br6. The van der Waals surface area contributed by atoms with E-state index < -0.39 is 0 Å². The minimum absolute atomic E-state index is 0.0780. The fourth-order valence-electron chi connectivity index (χ4n) is 8.25. The Morgan fingerprint density at radius 3 is 1.17 bits per heavy atom. The molecule has 4 aliphatic carbocycles. The molecule has 0 N–H and O–H groups in total. The SMILES string of the molecule is BrCC1(CBr)CC2(C1)c1cc(Br)ccc1-c1ccc3c(c12)C1(CC(CBr)(CBr)C1)c1cc(Br)ccc1-3. The van der Waals surface area contributed by atoms with E-state index in [1.165, 1.54) is 68.0 Å². The lowest BCUT2D eigenvalue weighted by atomic mass is 9.46. The molecule has 3 aromatic rings. The van der Waals surface area contributed by atoms with Gasteiger partial charge in [-0.25, -0.2) is 0 Å². The van der Waals surface area contributed by atoms with Crippen molar-refractivity contribution in [1.82, 2.24) is 0 Å². The van der Waals surface area contributed by atoms with E-state index in [0.717, 1.165) is 21.3 Å². The van der Waals surface area contributed by atoms with Crippen molar-refractivity contribution in [2.75, 3.05) is 21.3 Å². The van der Waals surface area contributed by atoms with Crippen LogP contribution < -0.4 is 0 Å². The van der Waals surface area contributed by atoms with Crippen LogP contribution in [0.3, 0.4) is 0 Å². The second-order valence-electron chi connectivity index (χ2n) is 11.7. The van der Waals surface area contributed by atoms with Crippen molar-refractivity contribution >= 4 is 95.6 Å². The first-order chi connectivity index (χ1) is 17.3. The third-order valence-electron chi connectivity index (χ3n) is 9.58. The van der Waals surface area contributed by atoms with E-state index in [2.05, 4.69) is 144 Å². The predicted molar refractivity (Wildman–Crippen MR) is 173 cm³/mol. The molecule has 2 fully saturated rings. The van der Waals surface area contributed by atoms with Gasteiger partial charge in [-0.2, -0.15) is 0 Å². The normalized spacial score (nSPS) is 21.9. The summed E-state index contributed by atoms with van der Waals surface area (Å²) in [6, 6.07) is 18.9. The van der Waals surface area contributed by atoms with E-state index in [-0.39, 0.29) is 10.8 Å². The Kier molecular flexibility index (Phi) is 6.04. The summed E-state index contributed by atoms with van der Waals surface area (Å²) in [5.41, 5.74) is 12.9. The van der Waals surface area contributed by atoms with E-state index in [0.29, 0.717) is 10.8 Å². The van der Waals surface area contributed by atoms with Crippen molar-refractivity contribution in [1.29, 1.82) is 0 Å². The molecule has 0 aliphatic heterocycles. The number of halogens is 6. The van der Waals surface area contributed by atoms with Gasteiger partial charge in [0.2, 0.25) is 0 Å². The summed E-state index contributed by atoms with van der Waals surface area (Å²) in [7, 11) is 0. The number of hydrogen-bond acceptors (Lipinski definition) is 0. The topological polar surface area (TPSA) is 0 Å². The predicted octanol–water partition coefficient (Wildman–Crippen LogP) is 10.9. The molecule has 0 aromatic heterocycles. The molecule has 3 aromatic carbocycles. The van der Waals surface area contributed by atoms with Crippen molar-refractivity contribution in [2.24, 2.45) is 10.8 Å². The summed E-state index contributed by atoms with van der Waals surface area (Å²) >= 11 is 23.2. The molecule has 0 radical (unpaired) electrons. The smallest absolute Gasteiger partial charge is 0.0230 e. The van der Waals surface area contributed by atoms with Gasteiger partial charge in [-0.1, -0.05) is 120 Å². The number of benzene rings is 3. The Balaban J connectivity index is 1.52. The number of rotatable bonds is 4. The van der Waals surface area contributed by atoms with E-state index in [1.54, 1.807) is 11.1 Å². The molecule has 186 valence electrons. The Labute approximate surface area is 263 Å². The van der Waals surface area contributed by atoms with E-state index in [1.807, 2.05) is 0 Å². The maximum atomic E-state index is 3.89. The van der Waals surface area contributed by atoms with E-state index in [4.69, 9.17) is 0 Å². The zero-order valence-electron chi connectivity index (χ0n) is 19.5. The number of fused-ring (bicyclic) bond motifs is 11. The van der Waals surface area contributed by atoms with Gasteiger partial charge in [-0.05, 0) is 105 Å². The minimum atomic E-state index is 0.0780. The summed E-state index contributed by atoms with van der Waals surface area (Å²) in [4.78, 5) is 0. The summed E-state index contributed by atoms with van der Waals surface area (Å²) in [6.07, 6.45) is 4.73. The maximum Gasteiger partial charge on any atom is 0.0230 e. The van der Waals surface area contributed by atoms with Gasteiger partial charge in [-0.15, -0.1) is 0 Å². The van der Waals surface area contributed by atoms with Crippen LogP contribution in [0.4, 0.5) is 0 Å². The third-order valence-corrected chi connectivity index (χ3v) is 15.3. The molecule has 6 heteroatoms. The van der Waals surface area contributed by atoms with Crippen LogP contribution in [-0.2, 0) is 10.8 Å². The van der Waals surface area contributed by atoms with Gasteiger partial charge in [0, 0.05) is 41.1 Å². The van der Waals surface area contributed by atoms with Crippen molar-refractivity contribution in [2.45, 2.75) is 36.5 Å². The summed E-state index contributed by atoms with van der Waals surface area (Å²) < 4.78 is 2.37. The Hall–Kier alpha value is 0.540. The van der Waals surface area contributed by atoms with Crippen LogP contribution >= 0.6 is 95.6 Å². The number of hydrogen-bond donors (Lipinski definition) is 0. The Morgan fingerprint density at radius 1 is 0.500 bits per heavy atom. The van der Waals surface area contributed by atoms with Gasteiger partial charge in [0.15, 0.2) is 0 Å². The average Bonchev–Trinajstić information content (AvgIpc) is 3.28. The van der Waals surface area contributed by atoms with Crippen molar-refractivity contribution in [3.05, 3.63) is 79.7 Å². The summed E-state index contributed by atoms with van der Waals surface area (Å²) in [5, 5.41) is 4.15. The monoisotopic (exact) mass is 858 g/mol. The third kappa shape index (κ3) is 3.12. The fraction of sp³-hybridized carbons (Fsp3) is 0.400. The first-order valence-corrected chi connectivity index (χ1v) is 18.4. The minimum Gasteiger partial charge on any atom is -0.0922 e. The van der Waals surface area contributed by atoms with Crippen LogP contribution in [0.15, 0.2) is 57.5 Å². The zero-order valence-corrected chi connectivity index (χ0v) is 29.1. The molecule has 7 rings (SSSR count). The molecule has 4 aliphatic rings. The molecule has 0 unspecified atom stereocenters. The lowest BCUT2D eigenvalue weighted by molar-refractivity contribution is 0.0872. The van der Waals surface area contributed by atoms with Gasteiger partial charge in [0.25, 0.3) is 0 Å².